The van der Waals surface area contributed by atoms with Gasteiger partial charge in [0, 0.05) is 37.9 Å². The highest BCUT2D eigenvalue weighted by molar-refractivity contribution is 9.11. The minimum absolute atomic E-state index is 0.0127. The molecule has 11 rings (SSSR count). The fraction of sp³-hybridized carbons (Fsp3) is 0.480. The monoisotopic (exact) mass is 1880 g/mol. The van der Waals surface area contributed by atoms with Gasteiger partial charge in [0.2, 0.25) is 0 Å². The Morgan fingerprint density at radius 3 is 0.983 bits per heavy atom. The standard InChI is InChI=1S/C28H37BrN3O9P.C27H35BrN3O9P.C20H23BrN3O9P/c1-19(27(35)39-21-10-6-3-2-4-7-11-21)31-42(37,41-22-12-8-5-9-13-22)38-18-24-23(33)16-25(40-24)32-17-20(14-15-29)26(34)30-28(32)36;1-18(26(34)38-20-9-5-2-3-6-10-20)30-41(36,40-21-11-7-4-8-12-21)37-17-23-22(32)15-24(39-23)31-16-19(13-14-28)25(33)29-27(31)35;1-12(19(27)28)23-34(30,33-14-5-3-2-4-6-14)31-11-16-15(25)9-17(32-16)24-10-13(7-8-21)18(26)22-20(24)29/h5,8-9,12-15,17,19,21,23-25,33H,2-4,6-7,10-11,16,18H2,1H3,(H,31,37)(H,30,34,36);4,7-8,11-14,16,18,20,22-24,32H,2-3,5-6,9-10,15,17H2,1H3,(H,30,36)(H,29,33,35);2-8,10,12,15-17,25H,9,11H2,1H3,(H,23,30)(H,27,28)(H,22,26,29)/b15-14+;14-13+;8-7+/t19-,23?,24?,25?,42?;18-,22?,23?,24?,41?;12-,15?,16?,17?,34?/m000/s1. The number of H-pyrrole nitrogens is 3. The number of nitrogens with zero attached hydrogens (tertiary/aromatic N) is 3. The molecule has 42 heteroatoms. The molecule has 117 heavy (non-hydrogen) atoms. The van der Waals surface area contributed by atoms with Crippen LogP contribution in [0.3, 0.4) is 0 Å². The Balaban J connectivity index is 0.000000202. The summed E-state index contributed by atoms with van der Waals surface area (Å²) in [5.41, 5.74) is -3.29. The number of aliphatic hydroxyl groups excluding tert-OH is 3. The van der Waals surface area contributed by atoms with Crippen LogP contribution in [0.4, 0.5) is 0 Å². The summed E-state index contributed by atoms with van der Waals surface area (Å²) in [6.45, 7) is 3.10. The molecule has 3 aromatic heterocycles. The number of carboxylic acids is 1. The first-order valence-corrected chi connectivity index (χ1v) is 45.2. The van der Waals surface area contributed by atoms with Crippen LogP contribution in [0.1, 0.15) is 159 Å². The highest BCUT2D eigenvalue weighted by Gasteiger charge is 2.44. The summed E-state index contributed by atoms with van der Waals surface area (Å²) in [4.78, 5) is 121. The second-order valence-corrected chi connectivity index (χ2v) is 34.5. The molecular weight excluding hydrogens is 1790 g/mol. The number of aliphatic carboxylic acids is 1. The molecule has 3 aliphatic heterocycles. The molecule has 3 aromatic carbocycles. The molecule has 5 fully saturated rings. The molecule has 36 nitrogen and oxygen atoms in total. The zero-order valence-electron chi connectivity index (χ0n) is 63.9. The first kappa shape index (κ1) is 93.2. The Morgan fingerprint density at radius 2 is 0.718 bits per heavy atom. The summed E-state index contributed by atoms with van der Waals surface area (Å²) < 4.78 is 107. The largest absolute Gasteiger partial charge is 0.480 e. The van der Waals surface area contributed by atoms with Crippen molar-refractivity contribution >= 4 is 107 Å². The molecule has 0 amide bonds. The Kier molecular flexibility index (Phi) is 36.0. The summed E-state index contributed by atoms with van der Waals surface area (Å²) in [6.07, 6.45) is 11.6. The SMILES string of the molecule is C[C@H](NP(=O)(OCC1OC(n2cc(/C=C/Br)c(=O)[nH]c2=O)CC1O)Oc1ccccc1)C(=O)O.C[C@H](NP(=O)(OCC1OC(n2cc(/C=C/Br)c(=O)[nH]c2=O)CC1O)Oc1ccccc1)C(=O)OC1CCCCCC1.C[C@H](NP(=O)(OCC1OC(n2cc(/C=C/Br)c(=O)[nH]c2=O)CC1O)Oc1ccccc1)C(=O)OC1CCCCCCC1. The number of ether oxygens (including phenoxy) is 5. The van der Waals surface area contributed by atoms with Crippen LogP contribution in [0.15, 0.2) is 153 Å². The van der Waals surface area contributed by atoms with Crippen LogP contribution in [0.5, 0.6) is 17.2 Å². The lowest BCUT2D eigenvalue weighted by Crippen LogP contribution is -2.38. The normalized spacial score (nSPS) is 23.7. The average Bonchev–Trinajstić information content (AvgIpc) is 1.68. The summed E-state index contributed by atoms with van der Waals surface area (Å²) in [7, 11) is -12.6. The summed E-state index contributed by atoms with van der Waals surface area (Å²) in [5, 5.41) is 48.6. The quantitative estimate of drug-likeness (QED) is 0.0107. The van der Waals surface area contributed by atoms with Gasteiger partial charge < -0.3 is 57.7 Å². The molecule has 6 heterocycles. The van der Waals surface area contributed by atoms with Crippen molar-refractivity contribution < 1.29 is 99.3 Å². The van der Waals surface area contributed by atoms with E-state index in [1.54, 1.807) is 78.9 Å². The number of hydrogen-bond acceptors (Lipinski definition) is 26. The molecular formula is C75H95Br3N9O27P3. The minimum Gasteiger partial charge on any atom is -0.480 e. The maximum Gasteiger partial charge on any atom is 0.459 e. The van der Waals surface area contributed by atoms with Gasteiger partial charge in [0.1, 0.15) is 84.6 Å². The number of carbonyl (C=O) groups excluding carboxylic acids is 2. The number of benzene rings is 3. The van der Waals surface area contributed by atoms with Gasteiger partial charge in [-0.2, -0.15) is 15.3 Å². The second-order valence-electron chi connectivity index (χ2n) is 27.9. The highest BCUT2D eigenvalue weighted by Crippen LogP contribution is 2.49. The molecule has 10 N–H and O–H groups in total. The summed E-state index contributed by atoms with van der Waals surface area (Å²) in [6, 6.07) is 21.4. The number of hydrogen-bond donors (Lipinski definition) is 10. The van der Waals surface area contributed by atoms with Crippen molar-refractivity contribution in [2.24, 2.45) is 0 Å². The zero-order chi connectivity index (χ0) is 84.4. The van der Waals surface area contributed by atoms with Crippen LogP contribution in [-0.4, -0.2) is 154 Å². The molecule has 0 radical (unpaired) electrons. The third-order valence-corrected chi connectivity index (χ3v) is 24.7. The fourth-order valence-electron chi connectivity index (χ4n) is 12.8. The van der Waals surface area contributed by atoms with Crippen molar-refractivity contribution in [1.29, 1.82) is 0 Å². The van der Waals surface area contributed by atoms with Gasteiger partial charge >= 0.3 is 58.2 Å². The molecule has 2 saturated carbocycles. The van der Waals surface area contributed by atoms with Crippen LogP contribution in [-0.2, 0) is 65.3 Å². The number of aliphatic hydroxyl groups is 3. The molecule has 0 bridgehead atoms. The van der Waals surface area contributed by atoms with Crippen LogP contribution >= 0.6 is 71.0 Å². The highest BCUT2D eigenvalue weighted by atomic mass is 79.9. The Labute approximate surface area is 696 Å². The smallest absolute Gasteiger partial charge is 0.459 e. The molecule has 0 spiro atoms. The average molecular weight is 1890 g/mol. The third-order valence-electron chi connectivity index (χ3n) is 18.9. The molecule has 2 aliphatic carbocycles. The molecule has 15 atom stereocenters. The third kappa shape index (κ3) is 28.2. The van der Waals surface area contributed by atoms with E-state index in [2.05, 4.69) is 78.0 Å². The van der Waals surface area contributed by atoms with Gasteiger partial charge in [-0.05, 0) is 142 Å². The Morgan fingerprint density at radius 1 is 0.453 bits per heavy atom. The molecule has 5 aliphatic rings. The van der Waals surface area contributed by atoms with E-state index in [-0.39, 0.29) is 78.6 Å². The molecule has 3 saturated heterocycles. The Hall–Kier alpha value is -7.62. The van der Waals surface area contributed by atoms with Crippen LogP contribution in [0.25, 0.3) is 18.2 Å². The van der Waals surface area contributed by atoms with Gasteiger partial charge in [-0.15, -0.1) is 0 Å². The fourth-order valence-corrected chi connectivity index (χ4v) is 18.1. The predicted octanol–water partition coefficient (Wildman–Crippen LogP) is 10.2. The van der Waals surface area contributed by atoms with Gasteiger partial charge in [-0.25, -0.2) is 28.1 Å². The Bertz CT molecular complexity index is 4890. The van der Waals surface area contributed by atoms with E-state index in [9.17, 15) is 77.3 Å². The predicted molar refractivity (Wildman–Crippen MR) is 439 cm³/mol. The van der Waals surface area contributed by atoms with Gasteiger partial charge in [0.05, 0.1) is 54.8 Å². The number of nitrogens with one attached hydrogen (secondary N) is 6. The van der Waals surface area contributed by atoms with E-state index in [1.807, 2.05) is 0 Å². The lowest BCUT2D eigenvalue weighted by molar-refractivity contribution is -0.152. The number of aromatic amines is 3. The van der Waals surface area contributed by atoms with E-state index < -0.39 is 155 Å². The van der Waals surface area contributed by atoms with Crippen LogP contribution < -0.4 is 62.6 Å². The first-order chi connectivity index (χ1) is 56.0. The minimum atomic E-state index is -4.21. The molecule has 12 unspecified atom stereocenters. The lowest BCUT2D eigenvalue weighted by Gasteiger charge is -2.26. The number of carboxylic acid groups (broad SMARTS) is 1. The van der Waals surface area contributed by atoms with E-state index in [1.165, 1.54) is 95.7 Å². The number of para-hydroxylation sites is 3. The number of esters is 2. The second kappa shape index (κ2) is 45.1. The zero-order valence-corrected chi connectivity index (χ0v) is 71.3. The van der Waals surface area contributed by atoms with Crippen LogP contribution in [0.2, 0.25) is 0 Å². The number of rotatable bonds is 32. The van der Waals surface area contributed by atoms with Crippen molar-refractivity contribution in [2.75, 3.05) is 19.8 Å². The summed E-state index contributed by atoms with van der Waals surface area (Å²) in [5.74, 6) is -1.75. The number of carbonyl (C=O) groups is 3. The maximum absolute atomic E-state index is 13.9. The summed E-state index contributed by atoms with van der Waals surface area (Å²) >= 11 is 9.27. The van der Waals surface area contributed by atoms with Crippen LogP contribution in [0, 0.1) is 0 Å². The first-order valence-electron chi connectivity index (χ1n) is 37.8. The maximum atomic E-state index is 13.9. The van der Waals surface area contributed by atoms with Crippen molar-refractivity contribution in [1.82, 2.24) is 43.9 Å². The van der Waals surface area contributed by atoms with E-state index in [4.69, 9.17) is 50.8 Å². The van der Waals surface area contributed by atoms with Crippen molar-refractivity contribution in [3.05, 3.63) is 204 Å². The number of halogens is 3. The molecule has 638 valence electrons. The lowest BCUT2D eigenvalue weighted by atomic mass is 9.98. The van der Waals surface area contributed by atoms with Crippen molar-refractivity contribution in [2.45, 2.75) is 209 Å². The topological polar surface area (TPSA) is 486 Å². The van der Waals surface area contributed by atoms with E-state index in [0.29, 0.717) is 0 Å². The van der Waals surface area contributed by atoms with Gasteiger partial charge in [-0.1, -0.05) is 134 Å². The van der Waals surface area contributed by atoms with Gasteiger partial charge in [-0.3, -0.25) is 71.0 Å². The van der Waals surface area contributed by atoms with Crippen molar-refractivity contribution in [3.63, 3.8) is 0 Å². The van der Waals surface area contributed by atoms with Crippen molar-refractivity contribution in [3.8, 4) is 17.2 Å². The van der Waals surface area contributed by atoms with E-state index in [0.717, 1.165) is 86.2 Å². The molecule has 6 aromatic rings. The van der Waals surface area contributed by atoms with E-state index >= 15 is 0 Å². The van der Waals surface area contributed by atoms with Gasteiger partial charge in [0.15, 0.2) is 0 Å². The van der Waals surface area contributed by atoms with Gasteiger partial charge in [0.25, 0.3) is 16.7 Å². The number of aromatic nitrogens is 6.